The van der Waals surface area contributed by atoms with Gasteiger partial charge in [0.25, 0.3) is 0 Å². The maximum Gasteiger partial charge on any atom is 0.237 e. The Hall–Kier alpha value is -2.53. The molecule has 2 unspecified atom stereocenters. The molecule has 0 N–H and O–H groups in total. The van der Waals surface area contributed by atoms with Crippen molar-refractivity contribution in [3.63, 3.8) is 0 Å². The van der Waals surface area contributed by atoms with Crippen molar-refractivity contribution in [1.82, 2.24) is 9.80 Å². The lowest BCUT2D eigenvalue weighted by molar-refractivity contribution is -0.133. The number of likely N-dealkylation sites (tertiary alicyclic amines) is 1. The molecule has 1 fully saturated rings. The van der Waals surface area contributed by atoms with E-state index in [1.807, 2.05) is 48.3 Å². The fraction of sp³-hybridized carbons (Fsp3) is 0.435. The van der Waals surface area contributed by atoms with Crippen LogP contribution in [0.2, 0.25) is 0 Å². The van der Waals surface area contributed by atoms with E-state index < -0.39 is 0 Å². The van der Waals surface area contributed by atoms with E-state index in [2.05, 4.69) is 24.0 Å². The number of hydrogen-bond donors (Lipinski definition) is 0. The lowest BCUT2D eigenvalue weighted by Crippen LogP contribution is -2.39. The second-order valence-electron chi connectivity index (χ2n) is 7.35. The lowest BCUT2D eigenvalue weighted by Gasteiger charge is -2.30. The van der Waals surface area contributed by atoms with Crippen molar-refractivity contribution in [2.24, 2.45) is 0 Å². The number of methoxy groups -OCH3 is 2. The van der Waals surface area contributed by atoms with E-state index in [1.165, 1.54) is 5.56 Å². The molecule has 2 atom stereocenters. The number of carbonyl (C=O) groups is 1. The monoisotopic (exact) mass is 382 g/mol. The molecule has 1 aliphatic rings. The second kappa shape index (κ2) is 9.11. The summed E-state index contributed by atoms with van der Waals surface area (Å²) in [5.41, 5.74) is 2.26. The summed E-state index contributed by atoms with van der Waals surface area (Å²) < 4.78 is 10.9. The van der Waals surface area contributed by atoms with Gasteiger partial charge in [0.1, 0.15) is 11.5 Å². The lowest BCUT2D eigenvalue weighted by atomic mass is 10.0. The molecule has 3 rings (SSSR count). The van der Waals surface area contributed by atoms with Gasteiger partial charge in [-0.15, -0.1) is 0 Å². The van der Waals surface area contributed by atoms with Crippen molar-refractivity contribution in [2.45, 2.75) is 31.8 Å². The third-order valence-electron chi connectivity index (χ3n) is 5.70. The predicted molar refractivity (Wildman–Crippen MR) is 111 cm³/mol. The van der Waals surface area contributed by atoms with Crippen LogP contribution in [0.3, 0.4) is 0 Å². The topological polar surface area (TPSA) is 42.0 Å². The zero-order valence-electron chi connectivity index (χ0n) is 17.2. The number of amides is 1. The summed E-state index contributed by atoms with van der Waals surface area (Å²) in [6.07, 6.45) is 1.95. The third-order valence-corrected chi connectivity index (χ3v) is 5.70. The summed E-state index contributed by atoms with van der Waals surface area (Å²) in [7, 11) is 5.31. The highest BCUT2D eigenvalue weighted by Crippen LogP contribution is 2.38. The molecular weight excluding hydrogens is 352 g/mol. The molecule has 150 valence electrons. The van der Waals surface area contributed by atoms with Crippen LogP contribution in [0.4, 0.5) is 0 Å². The standard InChI is InChI=1S/C23H30N2O3/c1-17(18-9-6-5-7-10-18)24(2)16-23(26)25-14-8-11-21(25)20-13-12-19(27-3)15-22(20)28-4/h5-7,9-10,12-13,15,17,21H,8,11,14,16H2,1-4H3. The average Bonchev–Trinajstić information content (AvgIpc) is 3.23. The molecule has 0 aliphatic carbocycles. The van der Waals surface area contributed by atoms with Gasteiger partial charge in [0.05, 0.1) is 26.8 Å². The van der Waals surface area contributed by atoms with Crippen molar-refractivity contribution >= 4 is 5.91 Å². The summed E-state index contributed by atoms with van der Waals surface area (Å²) in [5.74, 6) is 1.69. The molecule has 0 bridgehead atoms. The minimum Gasteiger partial charge on any atom is -0.497 e. The highest BCUT2D eigenvalue weighted by atomic mass is 16.5. The zero-order valence-corrected chi connectivity index (χ0v) is 17.2. The number of carbonyl (C=O) groups excluding carboxylic acids is 1. The van der Waals surface area contributed by atoms with Crippen molar-refractivity contribution < 1.29 is 14.3 Å². The second-order valence-corrected chi connectivity index (χ2v) is 7.35. The van der Waals surface area contributed by atoms with E-state index in [-0.39, 0.29) is 18.0 Å². The highest BCUT2D eigenvalue weighted by molar-refractivity contribution is 5.79. The van der Waals surface area contributed by atoms with Gasteiger partial charge < -0.3 is 14.4 Å². The van der Waals surface area contributed by atoms with E-state index in [9.17, 15) is 4.79 Å². The van der Waals surface area contributed by atoms with E-state index in [1.54, 1.807) is 14.2 Å². The quantitative estimate of drug-likeness (QED) is 0.724. The molecule has 0 saturated carbocycles. The summed E-state index contributed by atoms with van der Waals surface area (Å²) in [6, 6.07) is 16.4. The first-order valence-corrected chi connectivity index (χ1v) is 9.81. The third kappa shape index (κ3) is 4.30. The van der Waals surface area contributed by atoms with Gasteiger partial charge in [-0.25, -0.2) is 0 Å². The van der Waals surface area contributed by atoms with Crippen LogP contribution in [0.25, 0.3) is 0 Å². The molecule has 0 radical (unpaired) electrons. The van der Waals surface area contributed by atoms with Gasteiger partial charge in [-0.3, -0.25) is 9.69 Å². The molecular formula is C23H30N2O3. The molecule has 5 nitrogen and oxygen atoms in total. The highest BCUT2D eigenvalue weighted by Gasteiger charge is 2.32. The number of ether oxygens (including phenoxy) is 2. The molecule has 1 aliphatic heterocycles. The summed E-state index contributed by atoms with van der Waals surface area (Å²) in [5, 5.41) is 0. The van der Waals surface area contributed by atoms with Gasteiger partial charge in [0.2, 0.25) is 5.91 Å². The smallest absolute Gasteiger partial charge is 0.237 e. The SMILES string of the molecule is COc1ccc(C2CCCN2C(=O)CN(C)C(C)c2ccccc2)c(OC)c1. The van der Waals surface area contributed by atoms with Crippen molar-refractivity contribution in [2.75, 3.05) is 34.4 Å². The van der Waals surface area contributed by atoms with Crippen molar-refractivity contribution in [1.29, 1.82) is 0 Å². The Morgan fingerprint density at radius 1 is 1.18 bits per heavy atom. The van der Waals surface area contributed by atoms with Crippen molar-refractivity contribution in [3.8, 4) is 11.5 Å². The molecule has 1 heterocycles. The number of rotatable bonds is 7. The first kappa shape index (κ1) is 20.2. The van der Waals surface area contributed by atoms with Gasteiger partial charge in [0, 0.05) is 24.2 Å². The van der Waals surface area contributed by atoms with Crippen LogP contribution in [-0.2, 0) is 4.79 Å². The summed E-state index contributed by atoms with van der Waals surface area (Å²) in [4.78, 5) is 17.2. The van der Waals surface area contributed by atoms with Gasteiger partial charge in [0.15, 0.2) is 0 Å². The van der Waals surface area contributed by atoms with Crippen LogP contribution in [0, 0.1) is 0 Å². The molecule has 1 amide bonds. The van der Waals surface area contributed by atoms with E-state index in [0.717, 1.165) is 36.4 Å². The molecule has 2 aromatic carbocycles. The van der Waals surface area contributed by atoms with Gasteiger partial charge in [-0.2, -0.15) is 0 Å². The van der Waals surface area contributed by atoms with Crippen LogP contribution in [-0.4, -0.2) is 50.1 Å². The molecule has 2 aromatic rings. The Balaban J connectivity index is 1.73. The first-order valence-electron chi connectivity index (χ1n) is 9.81. The fourth-order valence-corrected chi connectivity index (χ4v) is 3.91. The Morgan fingerprint density at radius 2 is 1.93 bits per heavy atom. The largest absolute Gasteiger partial charge is 0.497 e. The molecule has 5 heteroatoms. The summed E-state index contributed by atoms with van der Waals surface area (Å²) in [6.45, 7) is 3.31. The molecule has 0 spiro atoms. The minimum absolute atomic E-state index is 0.0498. The molecule has 28 heavy (non-hydrogen) atoms. The van der Waals surface area contributed by atoms with Crippen LogP contribution in [0.1, 0.15) is 43.0 Å². The van der Waals surface area contributed by atoms with Crippen LogP contribution < -0.4 is 9.47 Å². The molecule has 1 saturated heterocycles. The average molecular weight is 383 g/mol. The Bertz CT molecular complexity index is 794. The Kier molecular flexibility index (Phi) is 6.57. The van der Waals surface area contributed by atoms with Gasteiger partial charge >= 0.3 is 0 Å². The maximum atomic E-state index is 13.1. The van der Waals surface area contributed by atoms with E-state index in [0.29, 0.717) is 6.54 Å². The number of hydrogen-bond acceptors (Lipinski definition) is 4. The van der Waals surface area contributed by atoms with E-state index >= 15 is 0 Å². The summed E-state index contributed by atoms with van der Waals surface area (Å²) >= 11 is 0. The predicted octanol–water partition coefficient (Wildman–Crippen LogP) is 4.06. The van der Waals surface area contributed by atoms with Crippen molar-refractivity contribution in [3.05, 3.63) is 59.7 Å². The van der Waals surface area contributed by atoms with Crippen LogP contribution >= 0.6 is 0 Å². The molecule has 0 aromatic heterocycles. The van der Waals surface area contributed by atoms with Gasteiger partial charge in [-0.05, 0) is 44.5 Å². The number of likely N-dealkylation sites (N-methyl/N-ethyl adjacent to an activating group) is 1. The minimum atomic E-state index is 0.0498. The Morgan fingerprint density at radius 3 is 2.61 bits per heavy atom. The fourth-order valence-electron chi connectivity index (χ4n) is 3.91. The van der Waals surface area contributed by atoms with E-state index in [4.69, 9.17) is 9.47 Å². The van der Waals surface area contributed by atoms with Gasteiger partial charge in [-0.1, -0.05) is 30.3 Å². The zero-order chi connectivity index (χ0) is 20.1. The van der Waals surface area contributed by atoms with Crippen LogP contribution in [0.5, 0.6) is 11.5 Å². The number of benzene rings is 2. The number of nitrogens with zero attached hydrogens (tertiary/aromatic N) is 2. The Labute approximate surface area is 167 Å². The van der Waals surface area contributed by atoms with Crippen LogP contribution in [0.15, 0.2) is 48.5 Å². The normalized spacial score (nSPS) is 17.6. The maximum absolute atomic E-state index is 13.1. The first-order chi connectivity index (χ1) is 13.5.